The molecule has 8 heteroatoms. The fourth-order valence-electron chi connectivity index (χ4n) is 5.56. The van der Waals surface area contributed by atoms with Gasteiger partial charge >= 0.3 is 0 Å². The van der Waals surface area contributed by atoms with Crippen LogP contribution in [-0.2, 0) is 35.6 Å². The maximum atomic E-state index is 12.9. The number of anilines is 1. The number of unbranched alkanes of at least 4 members (excludes halogenated alkanes) is 1. The van der Waals surface area contributed by atoms with E-state index < -0.39 is 5.91 Å². The van der Waals surface area contributed by atoms with Crippen molar-refractivity contribution >= 4 is 29.1 Å². The van der Waals surface area contributed by atoms with E-state index in [9.17, 15) is 14.7 Å². The third-order valence-electron chi connectivity index (χ3n) is 7.52. The van der Waals surface area contributed by atoms with Crippen LogP contribution >= 0.6 is 11.6 Å². The van der Waals surface area contributed by atoms with Gasteiger partial charge in [0.1, 0.15) is 5.82 Å². The van der Waals surface area contributed by atoms with Crippen LogP contribution in [0.2, 0.25) is 5.15 Å². The lowest BCUT2D eigenvalue weighted by Gasteiger charge is -2.21. The number of nitrogens with one attached hydrogen (secondary N) is 1. The molecule has 202 valence electrons. The van der Waals surface area contributed by atoms with Crippen LogP contribution in [0.1, 0.15) is 79.6 Å². The third-order valence-corrected chi connectivity index (χ3v) is 7.82. The summed E-state index contributed by atoms with van der Waals surface area (Å²) in [5.74, 6) is 1.03. The van der Waals surface area contributed by atoms with Crippen LogP contribution in [-0.4, -0.2) is 26.5 Å². The van der Waals surface area contributed by atoms with Crippen molar-refractivity contribution in [1.29, 1.82) is 0 Å². The van der Waals surface area contributed by atoms with Crippen molar-refractivity contribution in [3.05, 3.63) is 81.9 Å². The second-order valence-corrected chi connectivity index (χ2v) is 10.6. The predicted octanol–water partition coefficient (Wildman–Crippen LogP) is 5.36. The fraction of sp³-hybridized carbons (Fsp3) is 0.433. The number of nitrogens with two attached hydrogens (primary N) is 1. The van der Waals surface area contributed by atoms with Crippen LogP contribution in [0.25, 0.3) is 0 Å². The van der Waals surface area contributed by atoms with Gasteiger partial charge in [-0.3, -0.25) is 9.59 Å². The number of imidazole rings is 1. The molecule has 1 aromatic heterocycles. The highest BCUT2D eigenvalue weighted by molar-refractivity contribution is 6.30. The monoisotopic (exact) mass is 536 g/mol. The Balaban J connectivity index is 1.42. The van der Waals surface area contributed by atoms with Gasteiger partial charge in [0.05, 0.1) is 18.7 Å². The molecule has 4 rings (SSSR count). The quantitative estimate of drug-likeness (QED) is 0.289. The van der Waals surface area contributed by atoms with Gasteiger partial charge in [-0.1, -0.05) is 73.8 Å². The highest BCUT2D eigenvalue weighted by atomic mass is 35.5. The van der Waals surface area contributed by atoms with Crippen molar-refractivity contribution in [2.45, 2.75) is 77.4 Å². The number of aromatic nitrogens is 2. The minimum atomic E-state index is -0.424. The summed E-state index contributed by atoms with van der Waals surface area (Å²) in [6, 6.07) is 15.9. The molecule has 2 unspecified atom stereocenters. The number of rotatable bonds is 12. The van der Waals surface area contributed by atoms with E-state index in [1.807, 2.05) is 28.8 Å². The molecule has 38 heavy (non-hydrogen) atoms. The first-order valence-electron chi connectivity index (χ1n) is 13.5. The SMILES string of the molecule is CCCCc1nc(Cl)c(CO)n1Cc1ccc(C2CCCC2CC(=O)Nc2ccccc2CC(N)=O)cc1. The zero-order chi connectivity index (χ0) is 27.1. The lowest BCUT2D eigenvalue weighted by atomic mass is 9.86. The minimum Gasteiger partial charge on any atom is -0.390 e. The van der Waals surface area contributed by atoms with Gasteiger partial charge in [-0.15, -0.1) is 0 Å². The van der Waals surface area contributed by atoms with Crippen LogP contribution in [0.15, 0.2) is 48.5 Å². The lowest BCUT2D eigenvalue weighted by molar-refractivity contribution is -0.118. The molecule has 2 amide bonds. The van der Waals surface area contributed by atoms with Gasteiger partial charge in [-0.2, -0.15) is 0 Å². The van der Waals surface area contributed by atoms with Gasteiger partial charge in [-0.05, 0) is 53.9 Å². The molecular formula is C30H37ClN4O3. The Hall–Kier alpha value is -3.16. The number of carbonyl (C=O) groups is 2. The molecule has 1 heterocycles. The molecule has 0 saturated heterocycles. The Morgan fingerprint density at radius 2 is 1.92 bits per heavy atom. The maximum absolute atomic E-state index is 12.9. The molecule has 1 saturated carbocycles. The molecule has 0 radical (unpaired) electrons. The van der Waals surface area contributed by atoms with Crippen molar-refractivity contribution in [2.24, 2.45) is 11.7 Å². The zero-order valence-corrected chi connectivity index (χ0v) is 22.7. The molecule has 7 nitrogen and oxygen atoms in total. The second kappa shape index (κ2) is 13.1. The number of para-hydroxylation sites is 1. The van der Waals surface area contributed by atoms with Crippen molar-refractivity contribution in [3.63, 3.8) is 0 Å². The van der Waals surface area contributed by atoms with Crippen LogP contribution < -0.4 is 11.1 Å². The van der Waals surface area contributed by atoms with Crippen LogP contribution in [0, 0.1) is 5.92 Å². The van der Waals surface area contributed by atoms with Gasteiger partial charge in [0, 0.05) is 25.1 Å². The number of nitrogens with zero attached hydrogens (tertiary/aromatic N) is 2. The van der Waals surface area contributed by atoms with E-state index in [1.54, 1.807) is 0 Å². The summed E-state index contributed by atoms with van der Waals surface area (Å²) in [4.78, 5) is 28.8. The molecule has 0 bridgehead atoms. The number of halogens is 1. The van der Waals surface area contributed by atoms with E-state index in [1.165, 1.54) is 5.56 Å². The smallest absolute Gasteiger partial charge is 0.224 e. The van der Waals surface area contributed by atoms with E-state index in [2.05, 4.69) is 41.5 Å². The third kappa shape index (κ3) is 6.83. The average molecular weight is 537 g/mol. The Morgan fingerprint density at radius 3 is 2.63 bits per heavy atom. The Morgan fingerprint density at radius 1 is 1.16 bits per heavy atom. The van der Waals surface area contributed by atoms with Crippen molar-refractivity contribution in [3.8, 4) is 0 Å². The highest BCUT2D eigenvalue weighted by Crippen LogP contribution is 2.41. The van der Waals surface area contributed by atoms with Crippen LogP contribution in [0.5, 0.6) is 0 Å². The topological polar surface area (TPSA) is 110 Å². The number of hydrogen-bond acceptors (Lipinski definition) is 4. The number of carbonyl (C=O) groups excluding carboxylic acids is 2. The number of aliphatic hydroxyl groups is 1. The van der Waals surface area contributed by atoms with Gasteiger partial charge in [0.25, 0.3) is 0 Å². The number of amides is 2. The zero-order valence-electron chi connectivity index (χ0n) is 22.0. The van der Waals surface area contributed by atoms with Gasteiger partial charge in [0.15, 0.2) is 5.15 Å². The molecule has 3 aromatic rings. The first-order chi connectivity index (χ1) is 18.4. The maximum Gasteiger partial charge on any atom is 0.224 e. The fourth-order valence-corrected chi connectivity index (χ4v) is 5.82. The van der Waals surface area contributed by atoms with E-state index >= 15 is 0 Å². The molecule has 1 aliphatic carbocycles. The number of primary amides is 1. The summed E-state index contributed by atoms with van der Waals surface area (Å²) in [5, 5.41) is 13.2. The highest BCUT2D eigenvalue weighted by Gasteiger charge is 2.30. The van der Waals surface area contributed by atoms with E-state index in [0.717, 1.165) is 55.5 Å². The summed E-state index contributed by atoms with van der Waals surface area (Å²) in [7, 11) is 0. The lowest BCUT2D eigenvalue weighted by Crippen LogP contribution is -2.20. The largest absolute Gasteiger partial charge is 0.390 e. The number of aliphatic hydroxyl groups excluding tert-OH is 1. The minimum absolute atomic E-state index is 0.0384. The summed E-state index contributed by atoms with van der Waals surface area (Å²) in [6.07, 6.45) is 6.60. The van der Waals surface area contributed by atoms with Crippen molar-refractivity contribution in [1.82, 2.24) is 9.55 Å². The average Bonchev–Trinajstić information content (AvgIpc) is 3.47. The van der Waals surface area contributed by atoms with E-state index in [4.69, 9.17) is 17.3 Å². The normalized spacial score (nSPS) is 17.0. The molecule has 2 atom stereocenters. The summed E-state index contributed by atoms with van der Waals surface area (Å²) < 4.78 is 2.03. The molecule has 1 aliphatic rings. The van der Waals surface area contributed by atoms with Crippen molar-refractivity contribution < 1.29 is 14.7 Å². The number of benzene rings is 2. The standard InChI is InChI=1S/C30H37ClN4O3/c1-2-3-11-28-34-30(31)26(19-36)35(28)18-20-12-14-21(15-13-20)24-9-6-8-22(24)17-29(38)33-25-10-5-4-7-23(25)16-27(32)37/h4-5,7,10,12-15,22,24,36H,2-3,6,8-9,11,16-19H2,1H3,(H2,32,37)(H,33,38). The second-order valence-electron chi connectivity index (χ2n) is 10.2. The van der Waals surface area contributed by atoms with Crippen molar-refractivity contribution in [2.75, 3.05) is 5.32 Å². The van der Waals surface area contributed by atoms with Crippen LogP contribution in [0.3, 0.4) is 0 Å². The number of hydrogen-bond donors (Lipinski definition) is 3. The summed E-state index contributed by atoms with van der Waals surface area (Å²) in [6.45, 7) is 2.61. The Kier molecular flexibility index (Phi) is 9.58. The summed E-state index contributed by atoms with van der Waals surface area (Å²) in [5.41, 5.74) is 9.76. The van der Waals surface area contributed by atoms with E-state index in [0.29, 0.717) is 35.4 Å². The van der Waals surface area contributed by atoms with Crippen LogP contribution in [0.4, 0.5) is 5.69 Å². The molecule has 0 aliphatic heterocycles. The molecule has 2 aromatic carbocycles. The predicted molar refractivity (Wildman–Crippen MR) is 150 cm³/mol. The summed E-state index contributed by atoms with van der Waals surface area (Å²) >= 11 is 6.30. The molecule has 1 fully saturated rings. The van der Waals surface area contributed by atoms with Gasteiger partial charge in [0.2, 0.25) is 11.8 Å². The Labute approximate surface area is 229 Å². The first kappa shape index (κ1) is 27.9. The molecule has 0 spiro atoms. The Bertz CT molecular complexity index is 1250. The number of aryl methyl sites for hydroxylation is 1. The molecule has 4 N–H and O–H groups in total. The van der Waals surface area contributed by atoms with Gasteiger partial charge in [-0.25, -0.2) is 4.98 Å². The van der Waals surface area contributed by atoms with E-state index in [-0.39, 0.29) is 24.9 Å². The molecular weight excluding hydrogens is 500 g/mol. The van der Waals surface area contributed by atoms with Gasteiger partial charge < -0.3 is 20.7 Å². The first-order valence-corrected chi connectivity index (χ1v) is 13.9.